The van der Waals surface area contributed by atoms with Gasteiger partial charge in [-0.1, -0.05) is 20.8 Å². The zero-order valence-corrected chi connectivity index (χ0v) is 16.2. The second kappa shape index (κ2) is 8.77. The minimum absolute atomic E-state index is 0.342. The average molecular weight is 389 g/mol. The summed E-state index contributed by atoms with van der Waals surface area (Å²) in [7, 11) is 0. The number of hydrogen-bond acceptors (Lipinski definition) is 5. The van der Waals surface area contributed by atoms with E-state index in [9.17, 15) is 14.4 Å². The number of carboxylic acids is 1. The highest BCUT2D eigenvalue weighted by Gasteiger charge is 2.35. The summed E-state index contributed by atoms with van der Waals surface area (Å²) in [6.45, 7) is 5.50. The molecule has 0 aliphatic carbocycles. The third-order valence-electron chi connectivity index (χ3n) is 4.00. The Morgan fingerprint density at radius 1 is 1.15 bits per heavy atom. The van der Waals surface area contributed by atoms with E-state index in [1.54, 1.807) is 41.4 Å². The molecule has 0 spiro atoms. The molecule has 0 saturated carbocycles. The predicted molar refractivity (Wildman–Crippen MR) is 104 cm³/mol. The van der Waals surface area contributed by atoms with Crippen molar-refractivity contribution >= 4 is 34.8 Å². The molecule has 0 saturated heterocycles. The Morgan fingerprint density at radius 2 is 1.81 bits per heavy atom. The summed E-state index contributed by atoms with van der Waals surface area (Å²) in [4.78, 5) is 40.7. The van der Waals surface area contributed by atoms with Crippen molar-refractivity contribution in [3.63, 3.8) is 0 Å². The molecule has 144 valence electrons. The number of thiophene rings is 1. The van der Waals surface area contributed by atoms with Crippen LogP contribution < -0.4 is 10.6 Å². The Bertz CT molecular complexity index is 785. The van der Waals surface area contributed by atoms with E-state index in [1.165, 1.54) is 11.3 Å². The number of anilines is 1. The number of rotatable bonds is 7. The molecule has 2 atom stereocenters. The molecule has 3 N–H and O–H groups in total. The predicted octanol–water partition coefficient (Wildman–Crippen LogP) is 2.87. The zero-order chi connectivity index (χ0) is 20.0. The maximum Gasteiger partial charge on any atom is 0.304 e. The lowest BCUT2D eigenvalue weighted by Crippen LogP contribution is -2.52. The van der Waals surface area contributed by atoms with Crippen LogP contribution in [0.4, 0.5) is 5.69 Å². The van der Waals surface area contributed by atoms with Crippen molar-refractivity contribution in [2.75, 3.05) is 5.32 Å². The highest BCUT2D eigenvalue weighted by molar-refractivity contribution is 7.08. The zero-order valence-electron chi connectivity index (χ0n) is 15.4. The van der Waals surface area contributed by atoms with E-state index in [0.717, 1.165) is 0 Å². The van der Waals surface area contributed by atoms with Gasteiger partial charge < -0.3 is 15.7 Å². The van der Waals surface area contributed by atoms with Crippen LogP contribution in [0.2, 0.25) is 0 Å². The second-order valence-electron chi connectivity index (χ2n) is 7.24. The topological polar surface area (TPSA) is 108 Å². The van der Waals surface area contributed by atoms with E-state index < -0.39 is 29.3 Å². The Labute approximate surface area is 161 Å². The summed E-state index contributed by atoms with van der Waals surface area (Å²) in [5.74, 6) is -2.79. The molecular weight excluding hydrogens is 366 g/mol. The maximum atomic E-state index is 12.8. The second-order valence-corrected chi connectivity index (χ2v) is 8.02. The number of carboxylic acid groups (broad SMARTS) is 1. The fourth-order valence-corrected chi connectivity index (χ4v) is 3.29. The van der Waals surface area contributed by atoms with Gasteiger partial charge in [0.25, 0.3) is 0 Å². The van der Waals surface area contributed by atoms with Gasteiger partial charge in [0.1, 0.15) is 6.04 Å². The van der Waals surface area contributed by atoms with Crippen LogP contribution in [0.15, 0.2) is 41.4 Å². The standard InChI is InChI=1S/C19H23N3O4S/c1-19(2,3)16(18(26)21-13-4-7-20-8-5-13)22-17(25)14(10-15(23)24)12-6-9-27-11-12/h4-9,11,14,16H,10H2,1-3H3,(H,22,25)(H,23,24)(H,20,21,26). The molecular formula is C19H23N3O4S. The van der Waals surface area contributed by atoms with Crippen LogP contribution in [0.25, 0.3) is 0 Å². The van der Waals surface area contributed by atoms with Crippen LogP contribution in [-0.4, -0.2) is 33.9 Å². The summed E-state index contributed by atoms with van der Waals surface area (Å²) < 4.78 is 0. The summed E-state index contributed by atoms with van der Waals surface area (Å²) in [6.07, 6.45) is 2.77. The molecule has 7 nitrogen and oxygen atoms in total. The van der Waals surface area contributed by atoms with Gasteiger partial charge in [-0.15, -0.1) is 0 Å². The van der Waals surface area contributed by atoms with E-state index >= 15 is 0 Å². The van der Waals surface area contributed by atoms with Crippen molar-refractivity contribution in [2.45, 2.75) is 39.2 Å². The molecule has 2 rings (SSSR count). The number of nitrogens with one attached hydrogen (secondary N) is 2. The summed E-state index contributed by atoms with van der Waals surface area (Å²) in [6, 6.07) is 4.19. The molecule has 2 heterocycles. The first kappa shape index (κ1) is 20.6. The molecule has 2 amide bonds. The van der Waals surface area contributed by atoms with Crippen LogP contribution >= 0.6 is 11.3 Å². The maximum absolute atomic E-state index is 12.8. The van der Waals surface area contributed by atoms with Gasteiger partial charge in [-0.3, -0.25) is 19.4 Å². The molecule has 8 heteroatoms. The summed E-state index contributed by atoms with van der Waals surface area (Å²) >= 11 is 1.39. The highest BCUT2D eigenvalue weighted by atomic mass is 32.1. The lowest BCUT2D eigenvalue weighted by Gasteiger charge is -2.31. The van der Waals surface area contributed by atoms with Crippen molar-refractivity contribution in [3.8, 4) is 0 Å². The Balaban J connectivity index is 2.20. The lowest BCUT2D eigenvalue weighted by molar-refractivity contribution is -0.140. The SMILES string of the molecule is CC(C)(C)C(NC(=O)C(CC(=O)O)c1ccsc1)C(=O)Nc1ccncc1. The smallest absolute Gasteiger partial charge is 0.304 e. The molecule has 0 bridgehead atoms. The molecule has 2 aromatic rings. The van der Waals surface area contributed by atoms with Gasteiger partial charge in [-0.25, -0.2) is 0 Å². The van der Waals surface area contributed by atoms with E-state index in [4.69, 9.17) is 5.11 Å². The number of carbonyl (C=O) groups is 3. The Morgan fingerprint density at radius 3 is 2.33 bits per heavy atom. The van der Waals surface area contributed by atoms with Crippen LogP contribution in [0.5, 0.6) is 0 Å². The van der Waals surface area contributed by atoms with Crippen molar-refractivity contribution in [1.82, 2.24) is 10.3 Å². The molecule has 27 heavy (non-hydrogen) atoms. The molecule has 2 unspecified atom stereocenters. The number of aromatic nitrogens is 1. The Hall–Kier alpha value is -2.74. The third-order valence-corrected chi connectivity index (χ3v) is 4.70. The van der Waals surface area contributed by atoms with E-state index in [-0.39, 0.29) is 12.3 Å². The third kappa shape index (κ3) is 5.89. The number of carbonyl (C=O) groups excluding carboxylic acids is 2. The van der Waals surface area contributed by atoms with Crippen molar-refractivity contribution in [1.29, 1.82) is 0 Å². The molecule has 0 radical (unpaired) electrons. The van der Waals surface area contributed by atoms with E-state index in [0.29, 0.717) is 11.3 Å². The molecule has 0 aromatic carbocycles. The van der Waals surface area contributed by atoms with Gasteiger partial charge in [-0.2, -0.15) is 11.3 Å². The van der Waals surface area contributed by atoms with Crippen LogP contribution in [0.3, 0.4) is 0 Å². The largest absolute Gasteiger partial charge is 0.481 e. The minimum Gasteiger partial charge on any atom is -0.481 e. The molecule has 0 fully saturated rings. The van der Waals surface area contributed by atoms with Gasteiger partial charge >= 0.3 is 5.97 Å². The first-order valence-electron chi connectivity index (χ1n) is 8.43. The fourth-order valence-electron chi connectivity index (χ4n) is 2.58. The number of pyridine rings is 1. The minimum atomic E-state index is -1.07. The van der Waals surface area contributed by atoms with Gasteiger partial charge in [0.2, 0.25) is 11.8 Å². The number of aliphatic carboxylic acids is 1. The number of hydrogen-bond donors (Lipinski definition) is 3. The number of nitrogens with zero attached hydrogens (tertiary/aromatic N) is 1. The molecule has 0 aliphatic rings. The molecule has 2 aromatic heterocycles. The quantitative estimate of drug-likeness (QED) is 0.675. The van der Waals surface area contributed by atoms with Gasteiger partial charge in [0.15, 0.2) is 0 Å². The lowest BCUT2D eigenvalue weighted by atomic mass is 9.85. The fraction of sp³-hybridized carbons (Fsp3) is 0.368. The summed E-state index contributed by atoms with van der Waals surface area (Å²) in [5, 5.41) is 18.2. The summed E-state index contributed by atoms with van der Waals surface area (Å²) in [5.41, 5.74) is 0.621. The highest BCUT2D eigenvalue weighted by Crippen LogP contribution is 2.26. The van der Waals surface area contributed by atoms with Gasteiger partial charge in [0, 0.05) is 18.1 Å². The average Bonchev–Trinajstić information content (AvgIpc) is 3.11. The van der Waals surface area contributed by atoms with Crippen LogP contribution in [0, 0.1) is 5.41 Å². The van der Waals surface area contributed by atoms with E-state index in [2.05, 4.69) is 15.6 Å². The van der Waals surface area contributed by atoms with E-state index in [1.807, 2.05) is 20.8 Å². The van der Waals surface area contributed by atoms with Gasteiger partial charge in [-0.05, 0) is 39.9 Å². The number of amides is 2. The first-order chi connectivity index (χ1) is 12.7. The van der Waals surface area contributed by atoms with Crippen LogP contribution in [0.1, 0.15) is 38.7 Å². The monoisotopic (exact) mass is 389 g/mol. The van der Waals surface area contributed by atoms with Gasteiger partial charge in [0.05, 0.1) is 12.3 Å². The molecule has 0 aliphatic heterocycles. The van der Waals surface area contributed by atoms with Crippen molar-refractivity contribution in [2.24, 2.45) is 5.41 Å². The normalized spacial score (nSPS) is 13.4. The van der Waals surface area contributed by atoms with Crippen molar-refractivity contribution in [3.05, 3.63) is 46.9 Å². The van der Waals surface area contributed by atoms with Crippen molar-refractivity contribution < 1.29 is 19.5 Å². The first-order valence-corrected chi connectivity index (χ1v) is 9.38. The Kier molecular flexibility index (Phi) is 6.68. The van der Waals surface area contributed by atoms with Crippen LogP contribution in [-0.2, 0) is 14.4 Å².